The highest BCUT2D eigenvalue weighted by molar-refractivity contribution is 5.48. The predicted molar refractivity (Wildman–Crippen MR) is 106 cm³/mol. The van der Waals surface area contributed by atoms with Crippen LogP contribution in [-0.4, -0.2) is 46.5 Å². The van der Waals surface area contributed by atoms with Gasteiger partial charge in [-0.2, -0.15) is 0 Å². The van der Waals surface area contributed by atoms with Crippen LogP contribution in [0.1, 0.15) is 37.4 Å². The van der Waals surface area contributed by atoms with Gasteiger partial charge in [0.25, 0.3) is 0 Å². The molecule has 4 N–H and O–H groups in total. The minimum absolute atomic E-state index is 0.372. The summed E-state index contributed by atoms with van der Waals surface area (Å²) in [4.78, 5) is 2.41. The lowest BCUT2D eigenvalue weighted by Gasteiger charge is -2.30. The molecule has 0 aromatic heterocycles. The van der Waals surface area contributed by atoms with Gasteiger partial charge in [0, 0.05) is 50.7 Å². The molecule has 6 heteroatoms. The van der Waals surface area contributed by atoms with Crippen LogP contribution < -0.4 is 21.3 Å². The number of hydrogen-bond donors (Lipinski definition) is 3. The molecule has 1 heterocycles. The summed E-state index contributed by atoms with van der Waals surface area (Å²) in [5.41, 5.74) is 8.81. The summed E-state index contributed by atoms with van der Waals surface area (Å²) in [6.07, 6.45) is 5.84. The van der Waals surface area contributed by atoms with E-state index >= 15 is 0 Å². The molecule has 1 saturated heterocycles. The Hall–Kier alpha value is -1.79. The van der Waals surface area contributed by atoms with Crippen molar-refractivity contribution in [1.29, 1.82) is 0 Å². The molecule has 5 nitrogen and oxygen atoms in total. The Balaban J connectivity index is 2.02. The van der Waals surface area contributed by atoms with Gasteiger partial charge >= 0.3 is 0 Å². The zero-order valence-electron chi connectivity index (χ0n) is 16.0. The first-order valence-corrected chi connectivity index (χ1v) is 9.48. The van der Waals surface area contributed by atoms with E-state index in [1.165, 1.54) is 24.9 Å². The SMILES string of the molecule is CNCC/C(N)=C/NC(CF)C(OC)c1ccc(N2CCCCC2)cc1. The van der Waals surface area contributed by atoms with E-state index in [0.29, 0.717) is 12.1 Å². The molecule has 2 atom stereocenters. The van der Waals surface area contributed by atoms with E-state index < -0.39 is 12.7 Å². The number of anilines is 1. The minimum atomic E-state index is -0.539. The van der Waals surface area contributed by atoms with Crippen LogP contribution in [0.25, 0.3) is 0 Å². The lowest BCUT2D eigenvalue weighted by Crippen LogP contribution is -2.35. The van der Waals surface area contributed by atoms with E-state index in [1.54, 1.807) is 13.3 Å². The van der Waals surface area contributed by atoms with Crippen LogP contribution in [0.5, 0.6) is 0 Å². The fraction of sp³-hybridized carbons (Fsp3) is 0.600. The molecule has 1 aliphatic heterocycles. The molecule has 26 heavy (non-hydrogen) atoms. The van der Waals surface area contributed by atoms with Crippen molar-refractivity contribution in [2.45, 2.75) is 37.8 Å². The maximum absolute atomic E-state index is 13.6. The summed E-state index contributed by atoms with van der Waals surface area (Å²) >= 11 is 0. The van der Waals surface area contributed by atoms with Crippen LogP contribution in [0.15, 0.2) is 36.2 Å². The third-order valence-electron chi connectivity index (χ3n) is 4.87. The molecule has 2 unspecified atom stereocenters. The monoisotopic (exact) mass is 364 g/mol. The number of methoxy groups -OCH3 is 1. The van der Waals surface area contributed by atoms with Crippen molar-refractivity contribution in [2.24, 2.45) is 5.73 Å². The second-order valence-electron chi connectivity index (χ2n) is 6.80. The Kier molecular flexibility index (Phi) is 8.71. The second kappa shape index (κ2) is 11.0. The van der Waals surface area contributed by atoms with Gasteiger partial charge in [-0.25, -0.2) is 4.39 Å². The van der Waals surface area contributed by atoms with Crippen LogP contribution >= 0.6 is 0 Å². The average Bonchev–Trinajstić information content (AvgIpc) is 2.70. The van der Waals surface area contributed by atoms with Crippen molar-refractivity contribution in [1.82, 2.24) is 10.6 Å². The van der Waals surface area contributed by atoms with Crippen molar-refractivity contribution < 1.29 is 9.13 Å². The number of halogens is 1. The number of piperidine rings is 1. The number of nitrogens with one attached hydrogen (secondary N) is 2. The van der Waals surface area contributed by atoms with E-state index in [2.05, 4.69) is 27.7 Å². The van der Waals surface area contributed by atoms with E-state index in [-0.39, 0.29) is 6.10 Å². The Morgan fingerprint density at radius 1 is 1.27 bits per heavy atom. The molecule has 0 bridgehead atoms. The molecule has 1 aromatic rings. The normalized spacial score (nSPS) is 17.8. The standard InChI is InChI=1S/C20H33FN4O/c1-23-11-10-17(22)15-24-19(14-21)20(26-2)16-6-8-18(9-7-16)25-12-4-3-5-13-25/h6-9,15,19-20,23-24H,3-5,10-14,22H2,1-2H3/b17-15-. The van der Waals surface area contributed by atoms with Crippen LogP contribution in [0, 0.1) is 0 Å². The number of benzene rings is 1. The first-order chi connectivity index (χ1) is 12.7. The largest absolute Gasteiger partial charge is 0.401 e. The van der Waals surface area contributed by atoms with Gasteiger partial charge in [-0.3, -0.25) is 0 Å². The van der Waals surface area contributed by atoms with Gasteiger partial charge in [-0.15, -0.1) is 0 Å². The van der Waals surface area contributed by atoms with E-state index in [1.807, 2.05) is 19.2 Å². The molecular formula is C20H33FN4O. The molecule has 0 amide bonds. The Labute approximate surface area is 156 Å². The van der Waals surface area contributed by atoms with Gasteiger partial charge in [0.2, 0.25) is 0 Å². The van der Waals surface area contributed by atoms with Gasteiger partial charge in [0.05, 0.1) is 6.04 Å². The van der Waals surface area contributed by atoms with Crippen LogP contribution in [0.4, 0.5) is 10.1 Å². The second-order valence-corrected chi connectivity index (χ2v) is 6.80. The van der Waals surface area contributed by atoms with Gasteiger partial charge in [-0.05, 0) is 44.0 Å². The summed E-state index contributed by atoms with van der Waals surface area (Å²) < 4.78 is 19.2. The molecule has 0 radical (unpaired) electrons. The molecule has 2 rings (SSSR count). The first kappa shape index (κ1) is 20.5. The summed E-state index contributed by atoms with van der Waals surface area (Å²) in [7, 11) is 3.49. The molecule has 1 aromatic carbocycles. The Morgan fingerprint density at radius 2 is 1.96 bits per heavy atom. The number of rotatable bonds is 10. The molecular weight excluding hydrogens is 331 g/mol. The maximum Gasteiger partial charge on any atom is 0.112 e. The van der Waals surface area contributed by atoms with Crippen molar-refractivity contribution in [3.05, 3.63) is 41.7 Å². The molecule has 1 fully saturated rings. The van der Waals surface area contributed by atoms with Gasteiger partial charge in [0.15, 0.2) is 0 Å². The third kappa shape index (κ3) is 5.88. The topological polar surface area (TPSA) is 62.6 Å². The van der Waals surface area contributed by atoms with E-state index in [0.717, 1.165) is 25.2 Å². The first-order valence-electron chi connectivity index (χ1n) is 9.48. The van der Waals surface area contributed by atoms with E-state index in [9.17, 15) is 4.39 Å². The van der Waals surface area contributed by atoms with Gasteiger partial charge < -0.3 is 26.0 Å². The maximum atomic E-state index is 13.6. The molecule has 0 saturated carbocycles. The summed E-state index contributed by atoms with van der Waals surface area (Å²) in [5, 5.41) is 6.12. The zero-order valence-corrected chi connectivity index (χ0v) is 16.0. The number of nitrogens with zero attached hydrogens (tertiary/aromatic N) is 1. The van der Waals surface area contributed by atoms with E-state index in [4.69, 9.17) is 10.5 Å². The van der Waals surface area contributed by atoms with Crippen molar-refractivity contribution in [3.8, 4) is 0 Å². The fourth-order valence-electron chi connectivity index (χ4n) is 3.33. The summed E-state index contributed by atoms with van der Waals surface area (Å²) in [5.74, 6) is 0. The molecule has 1 aliphatic rings. The van der Waals surface area contributed by atoms with Gasteiger partial charge in [0.1, 0.15) is 12.8 Å². The summed E-state index contributed by atoms with van der Waals surface area (Å²) in [6, 6.07) is 7.82. The molecule has 146 valence electrons. The van der Waals surface area contributed by atoms with Gasteiger partial charge in [-0.1, -0.05) is 12.1 Å². The summed E-state index contributed by atoms with van der Waals surface area (Å²) in [6.45, 7) is 2.47. The molecule has 0 aliphatic carbocycles. The Bertz CT molecular complexity index is 543. The molecule has 0 spiro atoms. The lowest BCUT2D eigenvalue weighted by molar-refractivity contribution is 0.0634. The zero-order chi connectivity index (χ0) is 18.8. The highest BCUT2D eigenvalue weighted by Crippen LogP contribution is 2.26. The van der Waals surface area contributed by atoms with Crippen LogP contribution in [-0.2, 0) is 4.74 Å². The fourth-order valence-corrected chi connectivity index (χ4v) is 3.33. The number of alkyl halides is 1. The Morgan fingerprint density at radius 3 is 2.54 bits per heavy atom. The van der Waals surface area contributed by atoms with Crippen molar-refractivity contribution in [3.63, 3.8) is 0 Å². The third-order valence-corrected chi connectivity index (χ3v) is 4.87. The quantitative estimate of drug-likeness (QED) is 0.596. The van der Waals surface area contributed by atoms with Crippen LogP contribution in [0.3, 0.4) is 0 Å². The number of nitrogens with two attached hydrogens (primary N) is 1. The highest BCUT2D eigenvalue weighted by atomic mass is 19.1. The van der Waals surface area contributed by atoms with Crippen molar-refractivity contribution in [2.75, 3.05) is 45.4 Å². The number of hydrogen-bond acceptors (Lipinski definition) is 5. The smallest absolute Gasteiger partial charge is 0.112 e. The predicted octanol–water partition coefficient (Wildman–Crippen LogP) is 2.70. The van der Waals surface area contributed by atoms with Crippen molar-refractivity contribution >= 4 is 5.69 Å². The average molecular weight is 365 g/mol. The number of ether oxygens (including phenoxy) is 1. The lowest BCUT2D eigenvalue weighted by atomic mass is 10.0. The van der Waals surface area contributed by atoms with Crippen LogP contribution in [0.2, 0.25) is 0 Å². The minimum Gasteiger partial charge on any atom is -0.401 e. The highest BCUT2D eigenvalue weighted by Gasteiger charge is 2.22.